The van der Waals surface area contributed by atoms with E-state index in [1.165, 1.54) is 6.20 Å². The molecule has 0 aliphatic carbocycles. The van der Waals surface area contributed by atoms with Crippen molar-refractivity contribution in [3.8, 4) is 11.8 Å². The van der Waals surface area contributed by atoms with Crippen LogP contribution >= 0.6 is 0 Å². The summed E-state index contributed by atoms with van der Waals surface area (Å²) in [6, 6.07) is 2.93. The predicted molar refractivity (Wildman–Crippen MR) is 40.2 cm³/mol. The fraction of sp³-hybridized carbons (Fsp3) is 0.250. The van der Waals surface area contributed by atoms with E-state index < -0.39 is 12.1 Å². The maximum absolute atomic E-state index is 11.7. The number of nitriles is 1. The summed E-state index contributed by atoms with van der Waals surface area (Å²) in [7, 11) is 0. The zero-order valence-corrected chi connectivity index (χ0v) is 6.88. The first-order chi connectivity index (χ1) is 6.51. The lowest BCUT2D eigenvalue weighted by atomic mass is 10.2. The van der Waals surface area contributed by atoms with Crippen LogP contribution in [0.25, 0.3) is 0 Å². The van der Waals surface area contributed by atoms with Crippen molar-refractivity contribution in [1.82, 2.24) is 4.98 Å². The van der Waals surface area contributed by atoms with Gasteiger partial charge in [0.05, 0.1) is 18.7 Å². The van der Waals surface area contributed by atoms with Crippen molar-refractivity contribution in [2.75, 3.05) is 0 Å². The van der Waals surface area contributed by atoms with Crippen molar-refractivity contribution < 1.29 is 17.9 Å². The molecule has 1 heterocycles. The molecule has 1 aromatic rings. The highest BCUT2D eigenvalue weighted by atomic mass is 19.4. The number of rotatable bonds is 2. The monoisotopic (exact) mass is 202 g/mol. The molecular weight excluding hydrogens is 197 g/mol. The molecule has 0 aliphatic heterocycles. The topological polar surface area (TPSA) is 45.9 Å². The Hall–Kier alpha value is -1.77. The lowest BCUT2D eigenvalue weighted by Gasteiger charge is -2.08. The standard InChI is InChI=1S/C8H5F3N2O/c9-8(10,11)14-7-3-6(1-2-12)4-13-5-7/h3-5H,1H2. The summed E-state index contributed by atoms with van der Waals surface area (Å²) < 4.78 is 38.8. The van der Waals surface area contributed by atoms with E-state index >= 15 is 0 Å². The van der Waals surface area contributed by atoms with E-state index in [9.17, 15) is 13.2 Å². The number of nitrogens with zero attached hydrogens (tertiary/aromatic N) is 2. The molecule has 0 fully saturated rings. The lowest BCUT2D eigenvalue weighted by Crippen LogP contribution is -2.17. The quantitative estimate of drug-likeness (QED) is 0.737. The summed E-state index contributed by atoms with van der Waals surface area (Å²) in [4.78, 5) is 3.51. The average Bonchev–Trinajstić information content (AvgIpc) is 2.02. The average molecular weight is 202 g/mol. The number of hydrogen-bond acceptors (Lipinski definition) is 3. The Balaban J connectivity index is 2.79. The fourth-order valence-corrected chi connectivity index (χ4v) is 0.841. The van der Waals surface area contributed by atoms with E-state index in [1.54, 1.807) is 6.07 Å². The summed E-state index contributed by atoms with van der Waals surface area (Å²) in [6.45, 7) is 0. The Morgan fingerprint density at radius 1 is 1.43 bits per heavy atom. The van der Waals surface area contributed by atoms with Crippen LogP contribution in [0.1, 0.15) is 5.56 Å². The minimum absolute atomic E-state index is 0.00204. The Kier molecular flexibility index (Phi) is 2.92. The summed E-state index contributed by atoms with van der Waals surface area (Å²) in [6.07, 6.45) is -2.48. The third-order valence-corrected chi connectivity index (χ3v) is 1.29. The van der Waals surface area contributed by atoms with Gasteiger partial charge in [-0.15, -0.1) is 13.2 Å². The van der Waals surface area contributed by atoms with Gasteiger partial charge in [-0.2, -0.15) is 5.26 Å². The molecule has 0 N–H and O–H groups in total. The van der Waals surface area contributed by atoms with Crippen LogP contribution in [0, 0.1) is 11.3 Å². The summed E-state index contributed by atoms with van der Waals surface area (Å²) in [5.41, 5.74) is 0.384. The van der Waals surface area contributed by atoms with Crippen molar-refractivity contribution in [2.24, 2.45) is 0 Å². The van der Waals surface area contributed by atoms with Crippen molar-refractivity contribution in [2.45, 2.75) is 12.8 Å². The SMILES string of the molecule is N#CCc1cncc(OC(F)(F)F)c1. The molecule has 0 saturated carbocycles. The third kappa shape index (κ3) is 3.31. The normalized spacial score (nSPS) is 10.7. The molecule has 0 amide bonds. The maximum Gasteiger partial charge on any atom is 0.573 e. The van der Waals surface area contributed by atoms with E-state index in [1.807, 2.05) is 0 Å². The van der Waals surface area contributed by atoms with Gasteiger partial charge >= 0.3 is 6.36 Å². The highest BCUT2D eigenvalue weighted by Gasteiger charge is 2.31. The molecule has 0 aliphatic rings. The minimum atomic E-state index is -4.73. The molecule has 0 atom stereocenters. The molecule has 0 radical (unpaired) electrons. The Bertz CT molecular complexity index is 356. The Morgan fingerprint density at radius 2 is 2.14 bits per heavy atom. The van der Waals surface area contributed by atoms with Crippen molar-refractivity contribution in [3.63, 3.8) is 0 Å². The highest BCUT2D eigenvalue weighted by Crippen LogP contribution is 2.22. The highest BCUT2D eigenvalue weighted by molar-refractivity contribution is 5.25. The van der Waals surface area contributed by atoms with Crippen LogP contribution in [-0.4, -0.2) is 11.3 Å². The first kappa shape index (κ1) is 10.3. The second-order valence-corrected chi connectivity index (χ2v) is 2.41. The molecule has 0 unspecified atom stereocenters. The van der Waals surface area contributed by atoms with Gasteiger partial charge in [0, 0.05) is 6.20 Å². The van der Waals surface area contributed by atoms with Gasteiger partial charge in [-0.1, -0.05) is 0 Å². The third-order valence-electron chi connectivity index (χ3n) is 1.29. The van der Waals surface area contributed by atoms with Crippen LogP contribution in [0.3, 0.4) is 0 Å². The first-order valence-corrected chi connectivity index (χ1v) is 3.58. The number of aromatic nitrogens is 1. The van der Waals surface area contributed by atoms with E-state index in [4.69, 9.17) is 5.26 Å². The van der Waals surface area contributed by atoms with Gasteiger partial charge in [0.2, 0.25) is 0 Å². The number of hydrogen-bond donors (Lipinski definition) is 0. The smallest absolute Gasteiger partial charge is 0.404 e. The number of pyridine rings is 1. The van der Waals surface area contributed by atoms with Crippen LogP contribution < -0.4 is 4.74 Å². The van der Waals surface area contributed by atoms with E-state index in [0.29, 0.717) is 5.56 Å². The van der Waals surface area contributed by atoms with Gasteiger partial charge < -0.3 is 4.74 Å². The van der Waals surface area contributed by atoms with Gasteiger partial charge in [0.15, 0.2) is 0 Å². The fourth-order valence-electron chi connectivity index (χ4n) is 0.841. The van der Waals surface area contributed by atoms with Gasteiger partial charge in [-0.25, -0.2) is 0 Å². The molecule has 6 heteroatoms. The van der Waals surface area contributed by atoms with E-state index in [-0.39, 0.29) is 6.42 Å². The van der Waals surface area contributed by atoms with Crippen LogP contribution in [0.15, 0.2) is 18.5 Å². The Labute approximate surface area is 77.7 Å². The van der Waals surface area contributed by atoms with Crippen LogP contribution in [0.2, 0.25) is 0 Å². The summed E-state index contributed by atoms with van der Waals surface area (Å²) >= 11 is 0. The second kappa shape index (κ2) is 3.96. The summed E-state index contributed by atoms with van der Waals surface area (Å²) in [5, 5.41) is 8.30. The lowest BCUT2D eigenvalue weighted by molar-refractivity contribution is -0.274. The van der Waals surface area contributed by atoms with E-state index in [0.717, 1.165) is 12.3 Å². The van der Waals surface area contributed by atoms with Crippen LogP contribution in [0.5, 0.6) is 5.75 Å². The minimum Gasteiger partial charge on any atom is -0.404 e. The van der Waals surface area contributed by atoms with Crippen molar-refractivity contribution in [3.05, 3.63) is 24.0 Å². The summed E-state index contributed by atoms with van der Waals surface area (Å²) in [5.74, 6) is -0.412. The molecule has 0 saturated heterocycles. The molecule has 1 aromatic heterocycles. The molecule has 14 heavy (non-hydrogen) atoms. The molecule has 0 bridgehead atoms. The molecule has 1 rings (SSSR count). The second-order valence-electron chi connectivity index (χ2n) is 2.41. The van der Waals surface area contributed by atoms with Gasteiger partial charge in [-0.05, 0) is 11.6 Å². The number of ether oxygens (including phenoxy) is 1. The maximum atomic E-state index is 11.7. The molecule has 0 aromatic carbocycles. The molecule has 3 nitrogen and oxygen atoms in total. The van der Waals surface area contributed by atoms with Crippen molar-refractivity contribution in [1.29, 1.82) is 5.26 Å². The van der Waals surface area contributed by atoms with Crippen molar-refractivity contribution >= 4 is 0 Å². The van der Waals surface area contributed by atoms with Gasteiger partial charge in [0.25, 0.3) is 0 Å². The molecule has 0 spiro atoms. The van der Waals surface area contributed by atoms with E-state index in [2.05, 4.69) is 9.72 Å². The Morgan fingerprint density at radius 3 is 2.71 bits per heavy atom. The molecular formula is C8H5F3N2O. The number of alkyl halides is 3. The first-order valence-electron chi connectivity index (χ1n) is 3.58. The van der Waals surface area contributed by atoms with Gasteiger partial charge in [0.1, 0.15) is 5.75 Å². The van der Waals surface area contributed by atoms with Crippen LogP contribution in [0.4, 0.5) is 13.2 Å². The van der Waals surface area contributed by atoms with Gasteiger partial charge in [-0.3, -0.25) is 4.98 Å². The molecule has 74 valence electrons. The van der Waals surface area contributed by atoms with Crippen LogP contribution in [-0.2, 0) is 6.42 Å². The zero-order valence-electron chi connectivity index (χ0n) is 6.88. The number of halogens is 3. The zero-order chi connectivity index (χ0) is 10.6. The predicted octanol–water partition coefficient (Wildman–Crippen LogP) is 2.05. The largest absolute Gasteiger partial charge is 0.573 e.